The van der Waals surface area contributed by atoms with Gasteiger partial charge in [0, 0.05) is 31.4 Å². The summed E-state index contributed by atoms with van der Waals surface area (Å²) in [4.78, 5) is 16.1. The summed E-state index contributed by atoms with van der Waals surface area (Å²) in [5.41, 5.74) is -0.470. The molecule has 0 aromatic rings. The number of aliphatic imine (C=N–C) groups is 1. The average molecular weight is 302 g/mol. The molecule has 0 radical (unpaired) electrons. The van der Waals surface area contributed by atoms with Crippen molar-refractivity contribution in [2.75, 3.05) is 32.9 Å². The van der Waals surface area contributed by atoms with E-state index < -0.39 is 5.41 Å². The molecule has 1 amide bonds. The maximum atomic E-state index is 11.9. The second-order valence-corrected chi connectivity index (χ2v) is 7.50. The van der Waals surface area contributed by atoms with Crippen molar-refractivity contribution in [1.29, 1.82) is 0 Å². The molecule has 0 aromatic carbocycles. The lowest BCUT2D eigenvalue weighted by Gasteiger charge is -2.27. The third-order valence-electron chi connectivity index (χ3n) is 3.11. The molecule has 0 aliphatic carbocycles. The lowest BCUT2D eigenvalue weighted by atomic mass is 9.92. The predicted octanol–water partition coefficient (Wildman–Crippen LogP) is 1.46. The third kappa shape index (κ3) is 7.03. The van der Waals surface area contributed by atoms with Gasteiger partial charge in [0.1, 0.15) is 0 Å². The van der Waals surface area contributed by atoms with Crippen molar-refractivity contribution in [2.24, 2.45) is 10.4 Å². The lowest BCUT2D eigenvalue weighted by Crippen LogP contribution is -2.49. The Morgan fingerprint density at radius 1 is 1.10 bits per heavy atom. The Labute approximate surface area is 127 Å². The van der Waals surface area contributed by atoms with Crippen LogP contribution in [0.25, 0.3) is 0 Å². The van der Waals surface area contributed by atoms with E-state index in [4.69, 9.17) is 0 Å². The lowest BCUT2D eigenvalue weighted by molar-refractivity contribution is -0.128. The van der Waals surface area contributed by atoms with Gasteiger partial charge in [-0.1, -0.05) is 0 Å². The maximum absolute atomic E-state index is 11.9. The summed E-state index contributed by atoms with van der Waals surface area (Å²) < 4.78 is 0.146. The van der Waals surface area contributed by atoms with Gasteiger partial charge in [-0.2, -0.15) is 11.8 Å². The molecule has 0 rings (SSSR count). The van der Waals surface area contributed by atoms with Gasteiger partial charge in [-0.3, -0.25) is 9.79 Å². The van der Waals surface area contributed by atoms with Crippen molar-refractivity contribution >= 4 is 23.6 Å². The van der Waals surface area contributed by atoms with Crippen molar-refractivity contribution in [2.45, 2.75) is 39.4 Å². The summed E-state index contributed by atoms with van der Waals surface area (Å²) in [6.07, 6.45) is 2.09. The summed E-state index contributed by atoms with van der Waals surface area (Å²) in [6.45, 7) is 12.1. The summed E-state index contributed by atoms with van der Waals surface area (Å²) in [6, 6.07) is 0. The summed E-state index contributed by atoms with van der Waals surface area (Å²) >= 11 is 1.81. The van der Waals surface area contributed by atoms with Gasteiger partial charge in [0.15, 0.2) is 5.96 Å². The third-order valence-corrected chi connectivity index (χ3v) is 4.36. The molecule has 0 saturated carbocycles. The molecular weight excluding hydrogens is 272 g/mol. The Balaban J connectivity index is 4.36. The fourth-order valence-corrected chi connectivity index (χ4v) is 1.59. The number of hydrogen-bond acceptors (Lipinski definition) is 3. The normalized spacial score (nSPS) is 13.1. The van der Waals surface area contributed by atoms with Gasteiger partial charge in [-0.15, -0.1) is 0 Å². The van der Waals surface area contributed by atoms with Crippen LogP contribution >= 0.6 is 11.8 Å². The Kier molecular flexibility index (Phi) is 8.01. The van der Waals surface area contributed by atoms with Gasteiger partial charge in [-0.05, 0) is 40.9 Å². The van der Waals surface area contributed by atoms with Gasteiger partial charge in [-0.25, -0.2) is 0 Å². The van der Waals surface area contributed by atoms with E-state index in [1.54, 1.807) is 18.8 Å². The average Bonchev–Trinajstić information content (AvgIpc) is 2.39. The molecule has 0 atom stereocenters. The van der Waals surface area contributed by atoms with Crippen molar-refractivity contribution in [3.8, 4) is 0 Å². The number of guanidine groups is 1. The van der Waals surface area contributed by atoms with E-state index in [1.165, 1.54) is 0 Å². The number of amides is 1. The highest BCUT2D eigenvalue weighted by Crippen LogP contribution is 2.19. The van der Waals surface area contributed by atoms with Crippen molar-refractivity contribution in [3.05, 3.63) is 0 Å². The van der Waals surface area contributed by atoms with E-state index in [0.29, 0.717) is 13.1 Å². The van der Waals surface area contributed by atoms with Crippen LogP contribution in [0.1, 0.15) is 34.6 Å². The Bertz CT molecular complexity index is 340. The van der Waals surface area contributed by atoms with E-state index in [9.17, 15) is 4.79 Å². The second-order valence-electron chi connectivity index (χ2n) is 5.99. The molecule has 0 aliphatic rings. The van der Waals surface area contributed by atoms with E-state index in [0.717, 1.165) is 12.5 Å². The van der Waals surface area contributed by atoms with Crippen LogP contribution in [0, 0.1) is 5.41 Å². The summed E-state index contributed by atoms with van der Waals surface area (Å²) in [5.74, 6) is 0.775. The van der Waals surface area contributed by atoms with Gasteiger partial charge in [0.05, 0.1) is 5.41 Å². The van der Waals surface area contributed by atoms with Gasteiger partial charge >= 0.3 is 0 Å². The van der Waals surface area contributed by atoms with E-state index in [-0.39, 0.29) is 10.7 Å². The fourth-order valence-electron chi connectivity index (χ4n) is 1.37. The number of rotatable bonds is 7. The minimum atomic E-state index is -0.470. The van der Waals surface area contributed by atoms with Crippen LogP contribution in [0.3, 0.4) is 0 Å². The van der Waals surface area contributed by atoms with Crippen LogP contribution in [-0.2, 0) is 4.79 Å². The minimum Gasteiger partial charge on any atom is -0.356 e. The number of nitrogens with one attached hydrogen (secondary N) is 3. The molecule has 6 heteroatoms. The first-order valence-corrected chi connectivity index (χ1v) is 8.19. The Morgan fingerprint density at radius 3 is 2.10 bits per heavy atom. The number of carbonyl (C=O) groups is 1. The summed E-state index contributed by atoms with van der Waals surface area (Å²) in [5, 5.41) is 9.36. The van der Waals surface area contributed by atoms with E-state index >= 15 is 0 Å². The standard InChI is InChI=1S/C14H30N4OS/c1-8-16-11(19)13(2,3)9-17-12(15-6)18-10-14(4,5)20-7/h8-10H2,1-7H3,(H,16,19)(H2,15,17,18). The molecule has 0 aliphatic heterocycles. The molecule has 0 heterocycles. The van der Waals surface area contributed by atoms with E-state index in [2.05, 4.69) is 41.0 Å². The topological polar surface area (TPSA) is 65.5 Å². The van der Waals surface area contributed by atoms with Crippen LogP contribution in [0.4, 0.5) is 0 Å². The monoisotopic (exact) mass is 302 g/mol. The van der Waals surface area contributed by atoms with Crippen LogP contribution in [0.2, 0.25) is 0 Å². The van der Waals surface area contributed by atoms with Crippen molar-refractivity contribution in [1.82, 2.24) is 16.0 Å². The second kappa shape index (κ2) is 8.39. The van der Waals surface area contributed by atoms with Crippen molar-refractivity contribution in [3.63, 3.8) is 0 Å². The molecule has 0 fully saturated rings. The molecule has 3 N–H and O–H groups in total. The fraction of sp³-hybridized carbons (Fsp3) is 0.857. The Morgan fingerprint density at radius 2 is 1.65 bits per heavy atom. The van der Waals surface area contributed by atoms with Crippen LogP contribution in [0.5, 0.6) is 0 Å². The Hall–Kier alpha value is -0.910. The number of nitrogens with zero attached hydrogens (tertiary/aromatic N) is 1. The van der Waals surface area contributed by atoms with Gasteiger partial charge in [0.2, 0.25) is 5.91 Å². The van der Waals surface area contributed by atoms with Gasteiger partial charge in [0.25, 0.3) is 0 Å². The zero-order chi connectivity index (χ0) is 15.8. The number of carbonyl (C=O) groups excluding carboxylic acids is 1. The van der Waals surface area contributed by atoms with E-state index in [1.807, 2.05) is 20.8 Å². The zero-order valence-corrected chi connectivity index (χ0v) is 14.7. The highest BCUT2D eigenvalue weighted by Gasteiger charge is 2.27. The molecule has 0 aromatic heterocycles. The molecule has 0 bridgehead atoms. The highest BCUT2D eigenvalue weighted by atomic mass is 32.2. The molecule has 0 unspecified atom stereocenters. The predicted molar refractivity (Wildman–Crippen MR) is 89.4 cm³/mol. The molecule has 118 valence electrons. The number of thioether (sulfide) groups is 1. The van der Waals surface area contributed by atoms with Crippen LogP contribution < -0.4 is 16.0 Å². The zero-order valence-electron chi connectivity index (χ0n) is 13.9. The first-order chi connectivity index (χ1) is 9.18. The van der Waals surface area contributed by atoms with Gasteiger partial charge < -0.3 is 16.0 Å². The van der Waals surface area contributed by atoms with Crippen molar-refractivity contribution < 1.29 is 4.79 Å². The molecule has 20 heavy (non-hydrogen) atoms. The van der Waals surface area contributed by atoms with Crippen LogP contribution in [0.15, 0.2) is 4.99 Å². The largest absolute Gasteiger partial charge is 0.356 e. The quantitative estimate of drug-likeness (QED) is 0.492. The number of hydrogen-bond donors (Lipinski definition) is 3. The molecule has 5 nitrogen and oxygen atoms in total. The first-order valence-electron chi connectivity index (χ1n) is 6.96. The first kappa shape index (κ1) is 19.1. The van der Waals surface area contributed by atoms with Crippen LogP contribution in [-0.4, -0.2) is 49.6 Å². The molecular formula is C14H30N4OS. The SMILES string of the molecule is CCNC(=O)C(C)(C)CNC(=NC)NCC(C)(C)SC. The smallest absolute Gasteiger partial charge is 0.227 e. The molecule has 0 spiro atoms. The molecule has 0 saturated heterocycles. The highest BCUT2D eigenvalue weighted by molar-refractivity contribution is 7.99. The summed E-state index contributed by atoms with van der Waals surface area (Å²) in [7, 11) is 1.74. The minimum absolute atomic E-state index is 0.0485. The maximum Gasteiger partial charge on any atom is 0.227 e.